The zero-order chi connectivity index (χ0) is 15.6. The maximum atomic E-state index is 8.49. The van der Waals surface area contributed by atoms with Crippen molar-refractivity contribution < 1.29 is 4.74 Å². The van der Waals surface area contributed by atoms with Crippen LogP contribution in [0, 0.1) is 11.3 Å². The summed E-state index contributed by atoms with van der Waals surface area (Å²) < 4.78 is 5.63. The molecule has 2 rings (SSSR count). The van der Waals surface area contributed by atoms with Gasteiger partial charge in [0.1, 0.15) is 5.75 Å². The minimum atomic E-state index is 0.529. The SMILES string of the molecule is N#CCCCOc1cccc(CNCc2cccc(Cl)c2)c1. The minimum Gasteiger partial charge on any atom is -0.494 e. The van der Waals surface area contributed by atoms with Crippen LogP contribution in [0.15, 0.2) is 48.5 Å². The van der Waals surface area contributed by atoms with Crippen molar-refractivity contribution in [1.29, 1.82) is 5.26 Å². The smallest absolute Gasteiger partial charge is 0.119 e. The first-order chi connectivity index (χ1) is 10.8. The Morgan fingerprint density at radius 1 is 1.05 bits per heavy atom. The average molecular weight is 315 g/mol. The number of hydrogen-bond donors (Lipinski definition) is 1. The molecule has 0 atom stereocenters. The fourth-order valence-electron chi connectivity index (χ4n) is 2.08. The van der Waals surface area contributed by atoms with Crippen LogP contribution in [-0.4, -0.2) is 6.61 Å². The van der Waals surface area contributed by atoms with Crippen LogP contribution in [0.25, 0.3) is 0 Å². The van der Waals surface area contributed by atoms with E-state index in [2.05, 4.69) is 17.5 Å². The summed E-state index contributed by atoms with van der Waals surface area (Å²) in [7, 11) is 0. The number of halogens is 1. The largest absolute Gasteiger partial charge is 0.494 e. The molecule has 0 spiro atoms. The lowest BCUT2D eigenvalue weighted by Crippen LogP contribution is -2.12. The van der Waals surface area contributed by atoms with Gasteiger partial charge in [0.2, 0.25) is 0 Å². The molecule has 0 aliphatic rings. The second-order valence-corrected chi connectivity index (χ2v) is 5.43. The quantitative estimate of drug-likeness (QED) is 0.738. The normalized spacial score (nSPS) is 10.2. The van der Waals surface area contributed by atoms with Crippen molar-refractivity contribution in [3.05, 3.63) is 64.7 Å². The van der Waals surface area contributed by atoms with Gasteiger partial charge in [0.05, 0.1) is 12.7 Å². The van der Waals surface area contributed by atoms with Crippen molar-refractivity contribution in [3.8, 4) is 11.8 Å². The molecule has 2 aromatic carbocycles. The Hall–Kier alpha value is -2.02. The van der Waals surface area contributed by atoms with E-state index in [0.717, 1.165) is 35.8 Å². The van der Waals surface area contributed by atoms with E-state index in [1.165, 1.54) is 5.56 Å². The maximum absolute atomic E-state index is 8.49. The van der Waals surface area contributed by atoms with Gasteiger partial charge in [0.15, 0.2) is 0 Å². The molecule has 22 heavy (non-hydrogen) atoms. The Labute approximate surface area is 136 Å². The fraction of sp³-hybridized carbons (Fsp3) is 0.278. The zero-order valence-electron chi connectivity index (χ0n) is 12.4. The molecule has 0 aromatic heterocycles. The Morgan fingerprint density at radius 2 is 1.77 bits per heavy atom. The van der Waals surface area contributed by atoms with Gasteiger partial charge in [0.25, 0.3) is 0 Å². The van der Waals surface area contributed by atoms with Crippen molar-refractivity contribution in [2.75, 3.05) is 6.61 Å². The van der Waals surface area contributed by atoms with Gasteiger partial charge in [0, 0.05) is 24.5 Å². The molecule has 0 aliphatic carbocycles. The molecule has 0 fully saturated rings. The number of benzene rings is 2. The fourth-order valence-corrected chi connectivity index (χ4v) is 2.30. The van der Waals surface area contributed by atoms with Crippen molar-refractivity contribution in [3.63, 3.8) is 0 Å². The second kappa shape index (κ2) is 9.09. The van der Waals surface area contributed by atoms with E-state index in [0.29, 0.717) is 13.0 Å². The molecular formula is C18H19ClN2O. The van der Waals surface area contributed by atoms with E-state index in [1.54, 1.807) is 0 Å². The van der Waals surface area contributed by atoms with Crippen molar-refractivity contribution >= 4 is 11.6 Å². The van der Waals surface area contributed by atoms with Crippen LogP contribution in [0.3, 0.4) is 0 Å². The molecule has 0 bridgehead atoms. The predicted molar refractivity (Wildman–Crippen MR) is 88.8 cm³/mol. The highest BCUT2D eigenvalue weighted by molar-refractivity contribution is 6.30. The van der Waals surface area contributed by atoms with Gasteiger partial charge in [-0.3, -0.25) is 0 Å². The molecular weight excluding hydrogens is 296 g/mol. The van der Waals surface area contributed by atoms with Gasteiger partial charge in [-0.05, 0) is 41.8 Å². The van der Waals surface area contributed by atoms with E-state index in [4.69, 9.17) is 21.6 Å². The standard InChI is InChI=1S/C18H19ClN2O/c19-17-7-3-5-15(11-17)13-21-14-16-6-4-8-18(12-16)22-10-2-1-9-20/h3-8,11-12,21H,1-2,10,13-14H2. The third-order valence-electron chi connectivity index (χ3n) is 3.15. The van der Waals surface area contributed by atoms with Gasteiger partial charge in [-0.1, -0.05) is 35.9 Å². The van der Waals surface area contributed by atoms with Crippen LogP contribution < -0.4 is 10.1 Å². The number of nitriles is 1. The summed E-state index contributed by atoms with van der Waals surface area (Å²) in [5.74, 6) is 0.847. The van der Waals surface area contributed by atoms with Crippen LogP contribution in [0.2, 0.25) is 5.02 Å². The van der Waals surface area contributed by atoms with Crippen LogP contribution in [0.5, 0.6) is 5.75 Å². The van der Waals surface area contributed by atoms with Crippen molar-refractivity contribution in [2.45, 2.75) is 25.9 Å². The Balaban J connectivity index is 1.79. The summed E-state index contributed by atoms with van der Waals surface area (Å²) in [6.07, 6.45) is 1.29. The maximum Gasteiger partial charge on any atom is 0.119 e. The van der Waals surface area contributed by atoms with Gasteiger partial charge < -0.3 is 10.1 Å². The number of hydrogen-bond acceptors (Lipinski definition) is 3. The minimum absolute atomic E-state index is 0.529. The lowest BCUT2D eigenvalue weighted by Gasteiger charge is -2.09. The van der Waals surface area contributed by atoms with E-state index in [9.17, 15) is 0 Å². The van der Waals surface area contributed by atoms with Crippen molar-refractivity contribution in [1.82, 2.24) is 5.32 Å². The Bertz CT molecular complexity index is 637. The number of nitrogens with zero attached hydrogens (tertiary/aromatic N) is 1. The second-order valence-electron chi connectivity index (χ2n) is 4.99. The predicted octanol–water partition coefficient (Wildman–Crippen LogP) is 4.31. The van der Waals surface area contributed by atoms with E-state index < -0.39 is 0 Å². The first kappa shape index (κ1) is 16.4. The molecule has 0 amide bonds. The van der Waals surface area contributed by atoms with Crippen LogP contribution in [0.1, 0.15) is 24.0 Å². The Morgan fingerprint density at radius 3 is 2.50 bits per heavy atom. The number of rotatable bonds is 8. The number of ether oxygens (including phenoxy) is 1. The van der Waals surface area contributed by atoms with E-state index in [1.807, 2.05) is 42.5 Å². The highest BCUT2D eigenvalue weighted by Gasteiger charge is 1.99. The molecule has 2 aromatic rings. The summed E-state index contributed by atoms with van der Waals surface area (Å²) in [4.78, 5) is 0. The zero-order valence-corrected chi connectivity index (χ0v) is 13.1. The molecule has 1 N–H and O–H groups in total. The first-order valence-electron chi connectivity index (χ1n) is 7.32. The van der Waals surface area contributed by atoms with E-state index in [-0.39, 0.29) is 0 Å². The van der Waals surface area contributed by atoms with Gasteiger partial charge in [-0.25, -0.2) is 0 Å². The summed E-state index contributed by atoms with van der Waals surface area (Å²) in [5, 5.41) is 12.6. The van der Waals surface area contributed by atoms with Crippen LogP contribution >= 0.6 is 11.6 Å². The lowest BCUT2D eigenvalue weighted by molar-refractivity contribution is 0.312. The number of unbranched alkanes of at least 4 members (excludes halogenated alkanes) is 1. The molecule has 4 heteroatoms. The molecule has 0 saturated carbocycles. The van der Waals surface area contributed by atoms with Gasteiger partial charge in [-0.2, -0.15) is 5.26 Å². The first-order valence-corrected chi connectivity index (χ1v) is 7.69. The molecule has 0 unspecified atom stereocenters. The highest BCUT2D eigenvalue weighted by Crippen LogP contribution is 2.14. The molecule has 0 heterocycles. The van der Waals surface area contributed by atoms with E-state index >= 15 is 0 Å². The summed E-state index contributed by atoms with van der Waals surface area (Å²) >= 11 is 5.97. The van der Waals surface area contributed by atoms with Gasteiger partial charge >= 0.3 is 0 Å². The highest BCUT2D eigenvalue weighted by atomic mass is 35.5. The van der Waals surface area contributed by atoms with Crippen molar-refractivity contribution in [2.24, 2.45) is 0 Å². The average Bonchev–Trinajstić information content (AvgIpc) is 2.52. The summed E-state index contributed by atoms with van der Waals surface area (Å²) in [6, 6.07) is 18.0. The summed E-state index contributed by atoms with van der Waals surface area (Å²) in [5.41, 5.74) is 2.33. The molecule has 114 valence electrons. The lowest BCUT2D eigenvalue weighted by atomic mass is 10.2. The Kier molecular flexibility index (Phi) is 6.76. The molecule has 0 radical (unpaired) electrons. The van der Waals surface area contributed by atoms with Crippen LogP contribution in [-0.2, 0) is 13.1 Å². The molecule has 0 aliphatic heterocycles. The third kappa shape index (κ3) is 5.77. The molecule has 0 saturated heterocycles. The monoisotopic (exact) mass is 314 g/mol. The third-order valence-corrected chi connectivity index (χ3v) is 3.38. The molecule has 3 nitrogen and oxygen atoms in total. The van der Waals surface area contributed by atoms with Crippen LogP contribution in [0.4, 0.5) is 0 Å². The summed E-state index contributed by atoms with van der Waals surface area (Å²) in [6.45, 7) is 2.11. The van der Waals surface area contributed by atoms with Gasteiger partial charge in [-0.15, -0.1) is 0 Å². The topological polar surface area (TPSA) is 45.0 Å². The number of nitrogens with one attached hydrogen (secondary N) is 1.